The van der Waals surface area contributed by atoms with Crippen LogP contribution in [0.25, 0.3) is 0 Å². The average molecular weight is 264 g/mol. The number of rotatable bonds is 6. The number of hydrogen-bond donors (Lipinski definition) is 1. The van der Waals surface area contributed by atoms with Crippen molar-refractivity contribution < 1.29 is 9.53 Å². The van der Waals surface area contributed by atoms with Gasteiger partial charge in [-0.15, -0.1) is 0 Å². The Balaban J connectivity index is 3.04. The summed E-state index contributed by atoms with van der Waals surface area (Å²) in [4.78, 5) is 14.3. The highest BCUT2D eigenvalue weighted by Gasteiger charge is 2.32. The molecule has 0 fully saturated rings. The van der Waals surface area contributed by atoms with Gasteiger partial charge >= 0.3 is 0 Å². The fraction of sp³-hybridized carbons (Fsp3) is 0.533. The Kier molecular flexibility index (Phi) is 5.51. The highest BCUT2D eigenvalue weighted by molar-refractivity contribution is 5.99. The molecule has 1 rings (SSSR count). The minimum absolute atomic E-state index is 0.0472. The molecule has 106 valence electrons. The lowest BCUT2D eigenvalue weighted by atomic mass is 10.1. The highest BCUT2D eigenvalue weighted by atomic mass is 16.5. The second-order valence-electron chi connectivity index (χ2n) is 5.15. The fourth-order valence-corrected chi connectivity index (χ4v) is 1.81. The largest absolute Gasteiger partial charge is 0.369 e. The molecule has 4 heteroatoms. The van der Waals surface area contributed by atoms with Gasteiger partial charge in [0.15, 0.2) is 0 Å². The van der Waals surface area contributed by atoms with E-state index in [-0.39, 0.29) is 5.91 Å². The van der Waals surface area contributed by atoms with Crippen molar-refractivity contribution in [3.05, 3.63) is 29.8 Å². The first kappa shape index (κ1) is 15.7. The number of amides is 1. The molecule has 0 radical (unpaired) electrons. The Bertz CT molecular complexity index is 430. The minimum atomic E-state index is -0.835. The normalized spacial score (nSPS) is 11.4. The molecule has 0 saturated carbocycles. The molecule has 0 unspecified atom stereocenters. The van der Waals surface area contributed by atoms with E-state index < -0.39 is 5.60 Å². The van der Waals surface area contributed by atoms with Crippen LogP contribution in [0.2, 0.25) is 0 Å². The summed E-state index contributed by atoms with van der Waals surface area (Å²) < 4.78 is 5.29. The number of carbonyl (C=O) groups excluding carboxylic acids is 1. The molecule has 1 aromatic rings. The van der Waals surface area contributed by atoms with E-state index in [4.69, 9.17) is 10.5 Å². The van der Waals surface area contributed by atoms with Crippen LogP contribution in [0.3, 0.4) is 0 Å². The van der Waals surface area contributed by atoms with Crippen LogP contribution in [0.4, 0.5) is 5.69 Å². The van der Waals surface area contributed by atoms with E-state index in [1.807, 2.05) is 31.2 Å². The van der Waals surface area contributed by atoms with Gasteiger partial charge in [-0.25, -0.2) is 0 Å². The lowest BCUT2D eigenvalue weighted by Crippen LogP contribution is -2.47. The van der Waals surface area contributed by atoms with Crippen LogP contribution in [0.15, 0.2) is 24.3 Å². The number of carbonyl (C=O) groups is 1. The number of methoxy groups -OCH3 is 1. The number of ether oxygens (including phenoxy) is 1. The number of aryl methyl sites for hydroxylation is 1. The summed E-state index contributed by atoms with van der Waals surface area (Å²) in [6, 6.07) is 7.90. The van der Waals surface area contributed by atoms with Crippen molar-refractivity contribution in [2.24, 2.45) is 5.73 Å². The third-order valence-corrected chi connectivity index (χ3v) is 3.17. The number of anilines is 1. The molecule has 0 aliphatic carbocycles. The SMILES string of the molecule is COC(C)(C)C(=O)N(CCCN)c1cccc(C)c1. The Morgan fingerprint density at radius 2 is 2.11 bits per heavy atom. The zero-order valence-corrected chi connectivity index (χ0v) is 12.3. The molecule has 4 nitrogen and oxygen atoms in total. The van der Waals surface area contributed by atoms with E-state index in [1.54, 1.807) is 25.9 Å². The monoisotopic (exact) mass is 264 g/mol. The third-order valence-electron chi connectivity index (χ3n) is 3.17. The summed E-state index contributed by atoms with van der Waals surface area (Å²) in [5.41, 5.74) is 6.74. The summed E-state index contributed by atoms with van der Waals surface area (Å²) in [6.45, 7) is 6.73. The minimum Gasteiger partial charge on any atom is -0.369 e. The summed E-state index contributed by atoms with van der Waals surface area (Å²) in [5, 5.41) is 0. The first-order valence-corrected chi connectivity index (χ1v) is 6.56. The lowest BCUT2D eigenvalue weighted by Gasteiger charge is -2.31. The Hall–Kier alpha value is -1.39. The van der Waals surface area contributed by atoms with Crippen molar-refractivity contribution in [3.8, 4) is 0 Å². The van der Waals surface area contributed by atoms with E-state index in [1.165, 1.54) is 0 Å². The summed E-state index contributed by atoms with van der Waals surface area (Å²) in [5.74, 6) is -0.0472. The Morgan fingerprint density at radius 3 is 2.63 bits per heavy atom. The number of nitrogens with zero attached hydrogens (tertiary/aromatic N) is 1. The highest BCUT2D eigenvalue weighted by Crippen LogP contribution is 2.21. The molecular formula is C15H24N2O2. The van der Waals surface area contributed by atoms with Gasteiger partial charge in [-0.05, 0) is 51.4 Å². The van der Waals surface area contributed by atoms with E-state index in [9.17, 15) is 4.79 Å². The van der Waals surface area contributed by atoms with E-state index in [0.29, 0.717) is 13.1 Å². The summed E-state index contributed by atoms with van der Waals surface area (Å²) in [6.07, 6.45) is 0.763. The van der Waals surface area contributed by atoms with Gasteiger partial charge in [-0.1, -0.05) is 12.1 Å². The van der Waals surface area contributed by atoms with E-state index in [0.717, 1.165) is 17.7 Å². The number of hydrogen-bond acceptors (Lipinski definition) is 3. The second-order valence-corrected chi connectivity index (χ2v) is 5.15. The fourth-order valence-electron chi connectivity index (χ4n) is 1.81. The van der Waals surface area contributed by atoms with Gasteiger partial charge in [-0.2, -0.15) is 0 Å². The molecule has 1 amide bonds. The van der Waals surface area contributed by atoms with Crippen LogP contribution >= 0.6 is 0 Å². The van der Waals surface area contributed by atoms with Crippen LogP contribution in [0.5, 0.6) is 0 Å². The van der Waals surface area contributed by atoms with Crippen LogP contribution < -0.4 is 10.6 Å². The standard InChI is InChI=1S/C15H24N2O2/c1-12-7-5-8-13(11-12)17(10-6-9-16)14(18)15(2,3)19-4/h5,7-8,11H,6,9-10,16H2,1-4H3. The van der Waals surface area contributed by atoms with Crippen LogP contribution in [0.1, 0.15) is 25.8 Å². The summed E-state index contributed by atoms with van der Waals surface area (Å²) in [7, 11) is 1.55. The molecule has 0 atom stereocenters. The van der Waals surface area contributed by atoms with Crippen molar-refractivity contribution >= 4 is 11.6 Å². The molecule has 2 N–H and O–H groups in total. The molecule has 0 aliphatic rings. The first-order chi connectivity index (χ1) is 8.92. The molecule has 19 heavy (non-hydrogen) atoms. The molecule has 0 aliphatic heterocycles. The molecular weight excluding hydrogens is 240 g/mol. The molecule has 0 spiro atoms. The molecule has 0 bridgehead atoms. The van der Waals surface area contributed by atoms with Crippen molar-refractivity contribution in [2.75, 3.05) is 25.1 Å². The van der Waals surface area contributed by atoms with Crippen molar-refractivity contribution in [3.63, 3.8) is 0 Å². The van der Waals surface area contributed by atoms with E-state index >= 15 is 0 Å². The van der Waals surface area contributed by atoms with Crippen molar-refractivity contribution in [2.45, 2.75) is 32.8 Å². The van der Waals surface area contributed by atoms with Gasteiger partial charge in [0.2, 0.25) is 0 Å². The average Bonchev–Trinajstić information content (AvgIpc) is 2.39. The Labute approximate surface area is 115 Å². The zero-order valence-electron chi connectivity index (χ0n) is 12.3. The van der Waals surface area contributed by atoms with Crippen molar-refractivity contribution in [1.82, 2.24) is 0 Å². The van der Waals surface area contributed by atoms with Crippen molar-refractivity contribution in [1.29, 1.82) is 0 Å². The van der Waals surface area contributed by atoms with Gasteiger partial charge < -0.3 is 15.4 Å². The molecule has 0 saturated heterocycles. The predicted octanol–water partition coefficient (Wildman–Crippen LogP) is 2.10. The Morgan fingerprint density at radius 1 is 1.42 bits per heavy atom. The molecule has 0 aromatic heterocycles. The summed E-state index contributed by atoms with van der Waals surface area (Å²) >= 11 is 0. The first-order valence-electron chi connectivity index (χ1n) is 6.56. The quantitative estimate of drug-likeness (QED) is 0.856. The third kappa shape index (κ3) is 4.04. The maximum absolute atomic E-state index is 12.6. The lowest BCUT2D eigenvalue weighted by molar-refractivity contribution is -0.136. The van der Waals surface area contributed by atoms with E-state index in [2.05, 4.69) is 0 Å². The van der Waals surface area contributed by atoms with Gasteiger partial charge in [0.1, 0.15) is 5.60 Å². The van der Waals surface area contributed by atoms with Gasteiger partial charge in [0.05, 0.1) is 0 Å². The van der Waals surface area contributed by atoms with Gasteiger partial charge in [-0.3, -0.25) is 4.79 Å². The van der Waals surface area contributed by atoms with Gasteiger partial charge in [0, 0.05) is 19.3 Å². The molecule has 1 aromatic carbocycles. The topological polar surface area (TPSA) is 55.6 Å². The smallest absolute Gasteiger partial charge is 0.258 e. The van der Waals surface area contributed by atoms with Crippen LogP contribution in [-0.4, -0.2) is 31.7 Å². The second kappa shape index (κ2) is 6.68. The predicted molar refractivity (Wildman–Crippen MR) is 78.3 cm³/mol. The molecule has 0 heterocycles. The number of nitrogens with two attached hydrogens (primary N) is 1. The maximum Gasteiger partial charge on any atom is 0.258 e. The zero-order chi connectivity index (χ0) is 14.5. The van der Waals surface area contributed by atoms with Crippen LogP contribution in [-0.2, 0) is 9.53 Å². The maximum atomic E-state index is 12.6. The number of benzene rings is 1. The van der Waals surface area contributed by atoms with Crippen LogP contribution in [0, 0.1) is 6.92 Å². The van der Waals surface area contributed by atoms with Gasteiger partial charge in [0.25, 0.3) is 5.91 Å².